The lowest BCUT2D eigenvalue weighted by molar-refractivity contribution is 0.0954. The van der Waals surface area contributed by atoms with Gasteiger partial charge in [-0.3, -0.25) is 9.89 Å². The van der Waals surface area contributed by atoms with Crippen LogP contribution in [0.5, 0.6) is 0 Å². The number of nitrogens with one attached hydrogen (secondary N) is 2. The van der Waals surface area contributed by atoms with Crippen LogP contribution in [0.2, 0.25) is 0 Å². The third-order valence-electron chi connectivity index (χ3n) is 3.74. The fraction of sp³-hybridized carbons (Fsp3) is 0.438. The third-order valence-corrected chi connectivity index (χ3v) is 4.10. The van der Waals surface area contributed by atoms with Crippen LogP contribution in [0, 0.1) is 4.77 Å². The molecule has 0 saturated heterocycles. The number of carbonyl (C=O) groups is 1. The van der Waals surface area contributed by atoms with Crippen molar-refractivity contribution in [1.82, 2.24) is 20.1 Å². The Bertz CT molecular complexity index is 704. The zero-order valence-electron chi connectivity index (χ0n) is 13.8. The molecule has 1 aromatic heterocycles. The Morgan fingerprint density at radius 2 is 2.09 bits per heavy atom. The Balaban J connectivity index is 1.88. The highest BCUT2D eigenvalue weighted by molar-refractivity contribution is 7.71. The van der Waals surface area contributed by atoms with E-state index in [0.717, 1.165) is 24.5 Å². The molecule has 0 saturated carbocycles. The van der Waals surface area contributed by atoms with Crippen LogP contribution >= 0.6 is 12.2 Å². The highest BCUT2D eigenvalue weighted by Gasteiger charge is 2.07. The number of aromatic amines is 1. The summed E-state index contributed by atoms with van der Waals surface area (Å²) in [5, 5.41) is 9.76. The van der Waals surface area contributed by atoms with E-state index < -0.39 is 0 Å². The molecule has 0 spiro atoms. The Morgan fingerprint density at radius 1 is 1.39 bits per heavy atom. The monoisotopic (exact) mass is 333 g/mol. The number of hydrogen-bond acceptors (Lipinski definition) is 4. The Hall–Kier alpha value is -2.15. The number of H-pyrrole nitrogens is 1. The van der Waals surface area contributed by atoms with Crippen molar-refractivity contribution in [3.8, 4) is 0 Å². The molecule has 0 aliphatic carbocycles. The van der Waals surface area contributed by atoms with Gasteiger partial charge in [-0.15, -0.1) is 0 Å². The van der Waals surface area contributed by atoms with Crippen LogP contribution in [0.4, 0.5) is 5.69 Å². The van der Waals surface area contributed by atoms with Gasteiger partial charge in [-0.25, -0.2) is 0 Å². The van der Waals surface area contributed by atoms with Crippen LogP contribution in [0.25, 0.3) is 0 Å². The summed E-state index contributed by atoms with van der Waals surface area (Å²) >= 11 is 5.06. The molecule has 23 heavy (non-hydrogen) atoms. The zero-order chi connectivity index (χ0) is 16.8. The molecular formula is C16H23N5OS. The van der Waals surface area contributed by atoms with Gasteiger partial charge in [0, 0.05) is 44.9 Å². The largest absolute Gasteiger partial charge is 0.375 e. The molecule has 2 N–H and O–H groups in total. The van der Waals surface area contributed by atoms with Gasteiger partial charge in [0.05, 0.1) is 0 Å². The van der Waals surface area contributed by atoms with Crippen molar-refractivity contribution < 1.29 is 4.79 Å². The van der Waals surface area contributed by atoms with Crippen LogP contribution in [-0.2, 0) is 13.5 Å². The number of benzene rings is 1. The number of rotatable bonds is 7. The second kappa shape index (κ2) is 7.92. The first-order chi connectivity index (χ1) is 11.0. The Labute approximate surface area is 141 Å². The van der Waals surface area contributed by atoms with E-state index in [-0.39, 0.29) is 5.91 Å². The number of anilines is 1. The standard InChI is InChI=1S/C16H23N5OS/c1-4-11-20(2)13-7-5-12(6-8-13)15(22)17-10-9-14-18-19-16(23)21(14)3/h5-8H,4,9-11H2,1-3H3,(H,17,22)(H,19,23). The maximum Gasteiger partial charge on any atom is 0.251 e. The van der Waals surface area contributed by atoms with E-state index in [1.807, 2.05) is 31.3 Å². The van der Waals surface area contributed by atoms with Crippen LogP contribution in [0.3, 0.4) is 0 Å². The molecule has 0 bridgehead atoms. The summed E-state index contributed by atoms with van der Waals surface area (Å²) in [6.45, 7) is 3.66. The van der Waals surface area contributed by atoms with Crippen molar-refractivity contribution in [2.75, 3.05) is 25.0 Å². The molecule has 6 nitrogen and oxygen atoms in total. The van der Waals surface area contributed by atoms with E-state index >= 15 is 0 Å². The van der Waals surface area contributed by atoms with Gasteiger partial charge in [0.2, 0.25) is 0 Å². The molecule has 0 aliphatic rings. The van der Waals surface area contributed by atoms with Crippen molar-refractivity contribution in [3.05, 3.63) is 40.4 Å². The Kier molecular flexibility index (Phi) is 5.92. The number of hydrogen-bond donors (Lipinski definition) is 2. The predicted octanol–water partition coefficient (Wildman–Crippen LogP) is 2.30. The van der Waals surface area contributed by atoms with E-state index in [1.165, 1.54) is 0 Å². The first-order valence-corrected chi connectivity index (χ1v) is 8.13. The topological polar surface area (TPSA) is 66.0 Å². The lowest BCUT2D eigenvalue weighted by atomic mass is 10.2. The highest BCUT2D eigenvalue weighted by atomic mass is 32.1. The average molecular weight is 333 g/mol. The maximum absolute atomic E-state index is 12.2. The minimum absolute atomic E-state index is 0.0773. The summed E-state index contributed by atoms with van der Waals surface area (Å²) in [6, 6.07) is 7.66. The molecule has 2 rings (SSSR count). The van der Waals surface area contributed by atoms with Gasteiger partial charge in [0.25, 0.3) is 5.91 Å². The van der Waals surface area contributed by atoms with Gasteiger partial charge in [0.15, 0.2) is 4.77 Å². The predicted molar refractivity (Wildman–Crippen MR) is 94.4 cm³/mol. The van der Waals surface area contributed by atoms with E-state index in [4.69, 9.17) is 12.2 Å². The third kappa shape index (κ3) is 4.41. The number of carbonyl (C=O) groups excluding carboxylic acids is 1. The summed E-state index contributed by atoms with van der Waals surface area (Å²) in [5.41, 5.74) is 1.78. The fourth-order valence-electron chi connectivity index (χ4n) is 2.32. The zero-order valence-corrected chi connectivity index (χ0v) is 14.6. The van der Waals surface area contributed by atoms with Crippen LogP contribution < -0.4 is 10.2 Å². The molecule has 1 aromatic carbocycles. The molecule has 124 valence electrons. The normalized spacial score (nSPS) is 10.6. The minimum atomic E-state index is -0.0773. The summed E-state index contributed by atoms with van der Waals surface area (Å²) < 4.78 is 2.39. The Morgan fingerprint density at radius 3 is 2.65 bits per heavy atom. The van der Waals surface area contributed by atoms with Gasteiger partial charge in [-0.2, -0.15) is 5.10 Å². The smallest absolute Gasteiger partial charge is 0.251 e. The number of aromatic nitrogens is 3. The molecule has 0 aliphatic heterocycles. The summed E-state index contributed by atoms with van der Waals surface area (Å²) in [4.78, 5) is 14.3. The van der Waals surface area contributed by atoms with Crippen molar-refractivity contribution in [2.45, 2.75) is 19.8 Å². The van der Waals surface area contributed by atoms with Crippen molar-refractivity contribution in [2.24, 2.45) is 7.05 Å². The highest BCUT2D eigenvalue weighted by Crippen LogP contribution is 2.14. The molecular weight excluding hydrogens is 310 g/mol. The molecule has 0 radical (unpaired) electrons. The van der Waals surface area contributed by atoms with E-state index in [0.29, 0.717) is 23.3 Å². The van der Waals surface area contributed by atoms with Gasteiger partial charge in [0.1, 0.15) is 5.82 Å². The second-order valence-corrected chi connectivity index (χ2v) is 5.87. The molecule has 0 fully saturated rings. The van der Waals surface area contributed by atoms with Crippen LogP contribution in [0.15, 0.2) is 24.3 Å². The van der Waals surface area contributed by atoms with Crippen molar-refractivity contribution >= 4 is 23.8 Å². The van der Waals surface area contributed by atoms with E-state index in [2.05, 4.69) is 34.4 Å². The lowest BCUT2D eigenvalue weighted by Crippen LogP contribution is -2.26. The van der Waals surface area contributed by atoms with Gasteiger partial charge < -0.3 is 14.8 Å². The SMILES string of the molecule is CCCN(C)c1ccc(C(=O)NCCc2n[nH]c(=S)n2C)cc1. The minimum Gasteiger partial charge on any atom is -0.375 e. The first-order valence-electron chi connectivity index (χ1n) is 7.72. The summed E-state index contributed by atoms with van der Waals surface area (Å²) in [7, 11) is 3.91. The maximum atomic E-state index is 12.2. The van der Waals surface area contributed by atoms with Gasteiger partial charge >= 0.3 is 0 Å². The number of amides is 1. The van der Waals surface area contributed by atoms with Crippen LogP contribution in [0.1, 0.15) is 29.5 Å². The van der Waals surface area contributed by atoms with Crippen molar-refractivity contribution in [1.29, 1.82) is 0 Å². The molecule has 1 amide bonds. The summed E-state index contributed by atoms with van der Waals surface area (Å²) in [6.07, 6.45) is 1.72. The van der Waals surface area contributed by atoms with Crippen molar-refractivity contribution in [3.63, 3.8) is 0 Å². The fourth-order valence-corrected chi connectivity index (χ4v) is 2.48. The van der Waals surface area contributed by atoms with Gasteiger partial charge in [-0.1, -0.05) is 6.92 Å². The second-order valence-electron chi connectivity index (χ2n) is 5.48. The van der Waals surface area contributed by atoms with Gasteiger partial charge in [-0.05, 0) is 42.9 Å². The molecule has 7 heteroatoms. The molecule has 1 heterocycles. The van der Waals surface area contributed by atoms with E-state index in [1.54, 1.807) is 4.57 Å². The quantitative estimate of drug-likeness (QED) is 0.763. The molecule has 0 atom stereocenters. The summed E-state index contributed by atoms with van der Waals surface area (Å²) in [5.74, 6) is 0.748. The first kappa shape index (κ1) is 17.2. The van der Waals surface area contributed by atoms with E-state index in [9.17, 15) is 4.79 Å². The average Bonchev–Trinajstić information content (AvgIpc) is 2.87. The van der Waals surface area contributed by atoms with Crippen LogP contribution in [-0.4, -0.2) is 40.8 Å². The lowest BCUT2D eigenvalue weighted by Gasteiger charge is -2.18. The molecule has 2 aromatic rings. The molecule has 0 unspecified atom stereocenters. The number of nitrogens with zero attached hydrogens (tertiary/aromatic N) is 3.